The first-order valence-electron chi connectivity index (χ1n) is 10.6. The summed E-state index contributed by atoms with van der Waals surface area (Å²) in [5, 5.41) is 8.62. The predicted octanol–water partition coefficient (Wildman–Crippen LogP) is 3.15. The second kappa shape index (κ2) is 6.45. The van der Waals surface area contributed by atoms with Gasteiger partial charge < -0.3 is 14.4 Å². The van der Waals surface area contributed by atoms with Gasteiger partial charge in [-0.25, -0.2) is 14.3 Å². The van der Waals surface area contributed by atoms with Gasteiger partial charge in [0.25, 0.3) is 0 Å². The summed E-state index contributed by atoms with van der Waals surface area (Å²) in [7, 11) is 3.69. The molecule has 3 aromatic heterocycles. The molecule has 0 saturated heterocycles. The fourth-order valence-corrected chi connectivity index (χ4v) is 4.85. The molecule has 0 N–H and O–H groups in total. The highest BCUT2D eigenvalue weighted by molar-refractivity contribution is 5.69. The lowest BCUT2D eigenvalue weighted by Gasteiger charge is -2.46. The van der Waals surface area contributed by atoms with Crippen LogP contribution in [0.1, 0.15) is 34.1 Å². The summed E-state index contributed by atoms with van der Waals surface area (Å²) in [6.45, 7) is 7.77. The van der Waals surface area contributed by atoms with E-state index in [1.807, 2.05) is 53.3 Å². The maximum atomic E-state index is 12.5. The van der Waals surface area contributed by atoms with Crippen LogP contribution in [0.25, 0.3) is 16.8 Å². The Bertz CT molecular complexity index is 1160. The fraction of sp³-hybridized carbons (Fsp3) is 0.545. The second-order valence-corrected chi connectivity index (χ2v) is 9.73. The van der Waals surface area contributed by atoms with Gasteiger partial charge >= 0.3 is 6.09 Å². The van der Waals surface area contributed by atoms with Crippen molar-refractivity contribution in [2.75, 3.05) is 7.05 Å². The maximum Gasteiger partial charge on any atom is 0.410 e. The normalized spacial score (nSPS) is 26.8. The lowest BCUT2D eigenvalue weighted by molar-refractivity contribution is -0.0523. The van der Waals surface area contributed by atoms with Crippen LogP contribution in [0, 0.1) is 11.8 Å². The van der Waals surface area contributed by atoms with Crippen LogP contribution >= 0.6 is 0 Å². The molecule has 3 heterocycles. The van der Waals surface area contributed by atoms with E-state index in [-0.39, 0.29) is 29.6 Å². The van der Waals surface area contributed by atoms with Crippen molar-refractivity contribution in [2.24, 2.45) is 18.9 Å². The number of aryl methyl sites for hydroxylation is 1. The Morgan fingerprint density at radius 3 is 2.71 bits per heavy atom. The van der Waals surface area contributed by atoms with Crippen molar-refractivity contribution in [2.45, 2.75) is 51.4 Å². The molecule has 4 atom stereocenters. The van der Waals surface area contributed by atoms with Gasteiger partial charge in [-0.3, -0.25) is 4.68 Å². The Balaban J connectivity index is 1.38. The predicted molar refractivity (Wildman–Crippen MR) is 114 cm³/mol. The highest BCUT2D eigenvalue weighted by Gasteiger charge is 2.76. The highest BCUT2D eigenvalue weighted by atomic mass is 16.6. The van der Waals surface area contributed by atoms with E-state index in [2.05, 4.69) is 17.1 Å². The highest BCUT2D eigenvalue weighted by Crippen LogP contribution is 2.67. The summed E-state index contributed by atoms with van der Waals surface area (Å²) in [6.07, 6.45) is 7.91. The largest absolute Gasteiger partial charge is 0.469 e. The number of fused-ring (bicyclic) bond motifs is 2. The lowest BCUT2D eigenvalue weighted by Crippen LogP contribution is -2.59. The van der Waals surface area contributed by atoms with Crippen molar-refractivity contribution in [1.82, 2.24) is 29.3 Å². The summed E-state index contributed by atoms with van der Waals surface area (Å²) in [5.41, 5.74) is 1.66. The second-order valence-electron chi connectivity index (χ2n) is 9.73. The molecule has 31 heavy (non-hydrogen) atoms. The zero-order valence-electron chi connectivity index (χ0n) is 18.7. The Labute approximate surface area is 181 Å². The number of carbonyl (C=O) groups excluding carboxylic acids is 1. The van der Waals surface area contributed by atoms with Gasteiger partial charge in [-0.05, 0) is 33.3 Å². The average Bonchev–Trinajstić information content (AvgIpc) is 3.04. The Hall–Kier alpha value is -3.10. The number of carbonyl (C=O) groups is 1. The topological polar surface area (TPSA) is 86.8 Å². The molecular weight excluding hydrogens is 396 g/mol. The molecule has 1 amide bonds. The minimum absolute atomic E-state index is 0.0947. The molecule has 0 bridgehead atoms. The van der Waals surface area contributed by atoms with Crippen LogP contribution in [0.5, 0.6) is 5.88 Å². The van der Waals surface area contributed by atoms with E-state index in [0.717, 1.165) is 23.2 Å². The van der Waals surface area contributed by atoms with Crippen LogP contribution in [0.2, 0.25) is 0 Å². The van der Waals surface area contributed by atoms with Gasteiger partial charge in [0, 0.05) is 43.7 Å². The van der Waals surface area contributed by atoms with Gasteiger partial charge in [-0.2, -0.15) is 10.2 Å². The van der Waals surface area contributed by atoms with E-state index in [9.17, 15) is 4.79 Å². The molecule has 0 radical (unpaired) electrons. The van der Waals surface area contributed by atoms with Gasteiger partial charge in [0.15, 0.2) is 0 Å². The Kier molecular flexibility index (Phi) is 4.13. The van der Waals surface area contributed by atoms with E-state index >= 15 is 0 Å². The third-order valence-corrected chi connectivity index (χ3v) is 6.47. The summed E-state index contributed by atoms with van der Waals surface area (Å²) >= 11 is 0. The van der Waals surface area contributed by atoms with Crippen molar-refractivity contribution in [3.8, 4) is 17.1 Å². The minimum atomic E-state index is -0.514. The first-order chi connectivity index (χ1) is 14.6. The van der Waals surface area contributed by atoms with E-state index in [1.54, 1.807) is 26.5 Å². The van der Waals surface area contributed by atoms with Crippen LogP contribution in [0.4, 0.5) is 4.79 Å². The molecule has 0 aliphatic heterocycles. The van der Waals surface area contributed by atoms with E-state index in [4.69, 9.17) is 14.5 Å². The molecule has 9 heteroatoms. The third kappa shape index (κ3) is 3.14. The van der Waals surface area contributed by atoms with Gasteiger partial charge in [0.1, 0.15) is 16.7 Å². The van der Waals surface area contributed by atoms with E-state index in [0.29, 0.717) is 5.88 Å². The van der Waals surface area contributed by atoms with Gasteiger partial charge in [-0.15, -0.1) is 0 Å². The van der Waals surface area contributed by atoms with Gasteiger partial charge in [0.2, 0.25) is 5.88 Å². The summed E-state index contributed by atoms with van der Waals surface area (Å²) in [5.74, 6) is 1.00. The van der Waals surface area contributed by atoms with Gasteiger partial charge in [-0.1, -0.05) is 6.92 Å². The van der Waals surface area contributed by atoms with Crippen molar-refractivity contribution in [1.29, 1.82) is 0 Å². The zero-order chi connectivity index (χ0) is 22.1. The van der Waals surface area contributed by atoms with E-state index < -0.39 is 5.60 Å². The van der Waals surface area contributed by atoms with Crippen molar-refractivity contribution in [3.63, 3.8) is 0 Å². The third-order valence-electron chi connectivity index (χ3n) is 6.47. The minimum Gasteiger partial charge on any atom is -0.469 e. The van der Waals surface area contributed by atoms with E-state index in [1.165, 1.54) is 0 Å². The monoisotopic (exact) mass is 424 g/mol. The molecule has 2 aliphatic rings. The average molecular weight is 425 g/mol. The standard InChI is InChI=1S/C22H28N6O3/c1-13-18(27(6)20(29)31-21(2,3)4)15-9-22(13,15)30-19-17-7-8-23-28(17)12-16(25-19)14-10-24-26(5)11-14/h7-8,10-13,15,18H,9H2,1-6H3/t13-,15?,18+,22-/m1/s1. The van der Waals surface area contributed by atoms with Crippen molar-refractivity contribution < 1.29 is 14.3 Å². The molecule has 9 nitrogen and oxygen atoms in total. The zero-order valence-corrected chi connectivity index (χ0v) is 18.7. The molecule has 3 aromatic rings. The lowest BCUT2D eigenvalue weighted by atomic mass is 9.77. The van der Waals surface area contributed by atoms with Gasteiger partial charge in [0.05, 0.1) is 24.3 Å². The van der Waals surface area contributed by atoms with Crippen molar-refractivity contribution >= 4 is 11.6 Å². The first kappa shape index (κ1) is 19.8. The number of amides is 1. The number of ether oxygens (including phenoxy) is 2. The summed E-state index contributed by atoms with van der Waals surface area (Å²) in [4.78, 5) is 19.1. The van der Waals surface area contributed by atoms with Crippen LogP contribution in [-0.4, -0.2) is 59.7 Å². The maximum absolute atomic E-state index is 12.5. The summed E-state index contributed by atoms with van der Waals surface area (Å²) in [6, 6.07) is 1.99. The SMILES string of the molecule is C[C@@H]1[C@H](N(C)C(=O)OC(C)(C)C)C2C[C@]21Oc1nc(-c2cnn(C)c2)cn2nccc12. The quantitative estimate of drug-likeness (QED) is 0.639. The number of nitrogens with zero attached hydrogens (tertiary/aromatic N) is 6. The number of hydrogen-bond acceptors (Lipinski definition) is 6. The molecule has 5 rings (SSSR count). The molecule has 0 aromatic carbocycles. The number of hydrogen-bond donors (Lipinski definition) is 0. The molecule has 2 aliphatic carbocycles. The van der Waals surface area contributed by atoms with Crippen LogP contribution in [0.3, 0.4) is 0 Å². The number of rotatable bonds is 4. The smallest absolute Gasteiger partial charge is 0.410 e. The van der Waals surface area contributed by atoms with Crippen LogP contribution in [-0.2, 0) is 11.8 Å². The van der Waals surface area contributed by atoms with Crippen molar-refractivity contribution in [3.05, 3.63) is 30.9 Å². The molecule has 2 fully saturated rings. The Morgan fingerprint density at radius 1 is 1.29 bits per heavy atom. The fourth-order valence-electron chi connectivity index (χ4n) is 4.85. The molecule has 164 valence electrons. The molecule has 1 unspecified atom stereocenters. The first-order valence-corrected chi connectivity index (χ1v) is 10.6. The molecule has 0 spiro atoms. The Morgan fingerprint density at radius 2 is 2.06 bits per heavy atom. The number of aromatic nitrogens is 5. The molecule has 2 saturated carbocycles. The van der Waals surface area contributed by atoms with Crippen LogP contribution in [0.15, 0.2) is 30.9 Å². The molecular formula is C22H28N6O3. The summed E-state index contributed by atoms with van der Waals surface area (Å²) < 4.78 is 15.6. The van der Waals surface area contributed by atoms with Crippen LogP contribution < -0.4 is 4.74 Å².